The molecule has 6 nitrogen and oxygen atoms in total. The number of halogens is 2. The molecule has 0 spiro atoms. The number of hydrogen-bond donors (Lipinski definition) is 0. The van der Waals surface area contributed by atoms with Crippen LogP contribution in [0.25, 0.3) is 27.1 Å². The molecule has 0 bridgehead atoms. The molecule has 3 aromatic heterocycles. The first-order valence-electron chi connectivity index (χ1n) is 6.29. The molecule has 0 aliphatic rings. The van der Waals surface area contributed by atoms with Gasteiger partial charge < -0.3 is 0 Å². The van der Waals surface area contributed by atoms with Crippen molar-refractivity contribution in [3.63, 3.8) is 0 Å². The number of fused-ring (bicyclic) bond motifs is 1. The molecule has 9 heteroatoms. The third kappa shape index (κ3) is 2.04. The summed E-state index contributed by atoms with van der Waals surface area (Å²) >= 11 is 4.62. The summed E-state index contributed by atoms with van der Waals surface area (Å²) in [7, 11) is 1.84. The van der Waals surface area contributed by atoms with E-state index in [1.807, 2.05) is 13.1 Å². The fraction of sp³-hybridized carbons (Fsp3) is 0.0769. The maximum absolute atomic E-state index is 14.1. The maximum atomic E-state index is 14.1. The second kappa shape index (κ2) is 4.96. The van der Waals surface area contributed by atoms with Gasteiger partial charge >= 0.3 is 0 Å². The average Bonchev–Trinajstić information content (AvgIpc) is 3.14. The second-order valence-electron chi connectivity index (χ2n) is 4.59. The quantitative estimate of drug-likeness (QED) is 0.537. The number of aromatic nitrogens is 6. The molecular weight excluding hydrogens is 371 g/mol. The molecule has 0 atom stereocenters. The van der Waals surface area contributed by atoms with E-state index in [-0.39, 0.29) is 5.82 Å². The molecule has 22 heavy (non-hydrogen) atoms. The van der Waals surface area contributed by atoms with E-state index in [2.05, 4.69) is 36.3 Å². The van der Waals surface area contributed by atoms with Gasteiger partial charge in [-0.1, -0.05) is 27.3 Å². The number of hydrogen-bond acceptors (Lipinski definition) is 5. The molecular formula is C13H8BrFN6S. The molecule has 0 aliphatic heterocycles. The van der Waals surface area contributed by atoms with Gasteiger partial charge in [-0.3, -0.25) is 4.68 Å². The average molecular weight is 379 g/mol. The summed E-state index contributed by atoms with van der Waals surface area (Å²) in [5, 5.41) is 17.5. The zero-order chi connectivity index (χ0) is 15.3. The molecule has 0 aliphatic carbocycles. The van der Waals surface area contributed by atoms with Crippen molar-refractivity contribution in [2.24, 2.45) is 7.05 Å². The summed E-state index contributed by atoms with van der Waals surface area (Å²) in [4.78, 5) is 0.605. The predicted octanol–water partition coefficient (Wildman–Crippen LogP) is 3.15. The van der Waals surface area contributed by atoms with Crippen LogP contribution in [-0.4, -0.2) is 29.6 Å². The number of rotatable bonds is 2. The molecule has 1 aromatic carbocycles. The minimum Gasteiger partial charge on any atom is -0.265 e. The summed E-state index contributed by atoms with van der Waals surface area (Å²) in [5.74, 6) is 0.00317. The lowest BCUT2D eigenvalue weighted by atomic mass is 10.2. The van der Waals surface area contributed by atoms with Crippen LogP contribution in [0, 0.1) is 5.82 Å². The van der Waals surface area contributed by atoms with E-state index in [9.17, 15) is 4.39 Å². The molecule has 0 unspecified atom stereocenters. The van der Waals surface area contributed by atoms with Gasteiger partial charge in [0.05, 0.1) is 11.3 Å². The fourth-order valence-electron chi connectivity index (χ4n) is 2.14. The van der Waals surface area contributed by atoms with Crippen LogP contribution in [-0.2, 0) is 7.05 Å². The van der Waals surface area contributed by atoms with Crippen LogP contribution in [0.2, 0.25) is 0 Å². The van der Waals surface area contributed by atoms with Crippen LogP contribution in [0.15, 0.2) is 34.9 Å². The standard InChI is InChI=1S/C13H8BrFN6S/c1-20-10(4-5-16-20)12-19-21-11(17-18-13(21)22-12)8-3-2-7(14)6-9(8)15/h2-6H,1H3. The molecule has 3 heterocycles. The summed E-state index contributed by atoms with van der Waals surface area (Å²) in [6, 6.07) is 6.67. The van der Waals surface area contributed by atoms with Crippen molar-refractivity contribution in [1.82, 2.24) is 29.6 Å². The van der Waals surface area contributed by atoms with Crippen molar-refractivity contribution in [2.45, 2.75) is 0 Å². The minimum atomic E-state index is -0.376. The van der Waals surface area contributed by atoms with Crippen molar-refractivity contribution >= 4 is 32.2 Å². The van der Waals surface area contributed by atoms with Crippen LogP contribution in [0.3, 0.4) is 0 Å². The number of nitrogens with zero attached hydrogens (tertiary/aromatic N) is 6. The van der Waals surface area contributed by atoms with E-state index < -0.39 is 0 Å². The van der Waals surface area contributed by atoms with Crippen LogP contribution in [0.5, 0.6) is 0 Å². The Morgan fingerprint density at radius 2 is 2.09 bits per heavy atom. The summed E-state index contributed by atoms with van der Waals surface area (Å²) < 4.78 is 18.1. The molecule has 0 radical (unpaired) electrons. The van der Waals surface area contributed by atoms with E-state index in [1.54, 1.807) is 27.5 Å². The molecule has 0 N–H and O–H groups in total. The van der Waals surface area contributed by atoms with Crippen LogP contribution in [0.1, 0.15) is 0 Å². The number of aryl methyl sites for hydroxylation is 1. The van der Waals surface area contributed by atoms with Crippen molar-refractivity contribution < 1.29 is 4.39 Å². The fourth-order valence-corrected chi connectivity index (χ4v) is 3.37. The Kier molecular flexibility index (Phi) is 3.05. The van der Waals surface area contributed by atoms with Crippen molar-refractivity contribution in [3.8, 4) is 22.1 Å². The highest BCUT2D eigenvalue weighted by atomic mass is 79.9. The van der Waals surface area contributed by atoms with Crippen LogP contribution >= 0.6 is 27.3 Å². The smallest absolute Gasteiger partial charge is 0.235 e. The Hall–Kier alpha value is -2.13. The van der Waals surface area contributed by atoms with Gasteiger partial charge in [0.25, 0.3) is 0 Å². The van der Waals surface area contributed by atoms with Gasteiger partial charge in [-0.2, -0.15) is 14.7 Å². The van der Waals surface area contributed by atoms with Crippen LogP contribution in [0.4, 0.5) is 4.39 Å². The van der Waals surface area contributed by atoms with Gasteiger partial charge in [-0.15, -0.1) is 10.2 Å². The molecule has 0 fully saturated rings. The van der Waals surface area contributed by atoms with Gasteiger partial charge in [-0.25, -0.2) is 4.39 Å². The largest absolute Gasteiger partial charge is 0.265 e. The van der Waals surface area contributed by atoms with Crippen LogP contribution < -0.4 is 0 Å². The molecule has 0 saturated carbocycles. The monoisotopic (exact) mass is 378 g/mol. The van der Waals surface area contributed by atoms with Gasteiger partial charge in [0.2, 0.25) is 4.96 Å². The number of benzene rings is 1. The molecule has 4 aromatic rings. The van der Waals surface area contributed by atoms with Gasteiger partial charge in [-0.05, 0) is 24.3 Å². The van der Waals surface area contributed by atoms with Gasteiger partial charge in [0.1, 0.15) is 5.82 Å². The molecule has 0 saturated heterocycles. The van der Waals surface area contributed by atoms with Gasteiger partial charge in [0.15, 0.2) is 10.8 Å². The van der Waals surface area contributed by atoms with E-state index in [1.165, 1.54) is 17.4 Å². The Bertz CT molecular complexity index is 988. The first-order valence-corrected chi connectivity index (χ1v) is 7.90. The van der Waals surface area contributed by atoms with E-state index >= 15 is 0 Å². The van der Waals surface area contributed by atoms with Crippen molar-refractivity contribution in [2.75, 3.05) is 0 Å². The third-order valence-corrected chi connectivity index (χ3v) is 4.62. The SMILES string of the molecule is Cn1nccc1-c1nn2c(-c3ccc(Br)cc3F)nnc2s1. The summed E-state index contributed by atoms with van der Waals surface area (Å²) in [5.41, 5.74) is 1.23. The Morgan fingerprint density at radius 3 is 2.82 bits per heavy atom. The molecule has 4 rings (SSSR count). The lowest BCUT2D eigenvalue weighted by Crippen LogP contribution is -1.96. The Labute approximate surface area is 136 Å². The summed E-state index contributed by atoms with van der Waals surface area (Å²) in [6.45, 7) is 0. The molecule has 110 valence electrons. The Balaban J connectivity index is 1.89. The van der Waals surface area contributed by atoms with Gasteiger partial charge in [0, 0.05) is 17.7 Å². The maximum Gasteiger partial charge on any atom is 0.235 e. The first-order chi connectivity index (χ1) is 10.6. The van der Waals surface area contributed by atoms with E-state index in [0.717, 1.165) is 10.7 Å². The second-order valence-corrected chi connectivity index (χ2v) is 6.46. The predicted molar refractivity (Wildman–Crippen MR) is 84.0 cm³/mol. The lowest BCUT2D eigenvalue weighted by molar-refractivity contribution is 0.628. The van der Waals surface area contributed by atoms with E-state index in [0.29, 0.717) is 20.8 Å². The lowest BCUT2D eigenvalue weighted by Gasteiger charge is -2.00. The first kappa shape index (κ1) is 13.5. The highest BCUT2D eigenvalue weighted by molar-refractivity contribution is 9.10. The minimum absolute atomic E-state index is 0.359. The van der Waals surface area contributed by atoms with E-state index in [4.69, 9.17) is 0 Å². The highest BCUT2D eigenvalue weighted by Crippen LogP contribution is 2.29. The Morgan fingerprint density at radius 1 is 1.23 bits per heavy atom. The zero-order valence-electron chi connectivity index (χ0n) is 11.2. The summed E-state index contributed by atoms with van der Waals surface area (Å²) in [6.07, 6.45) is 1.70. The highest BCUT2D eigenvalue weighted by Gasteiger charge is 2.18. The van der Waals surface area contributed by atoms with Crippen molar-refractivity contribution in [1.29, 1.82) is 0 Å². The normalized spacial score (nSPS) is 11.4. The topological polar surface area (TPSA) is 60.9 Å². The zero-order valence-corrected chi connectivity index (χ0v) is 13.6. The molecule has 0 amide bonds. The van der Waals surface area contributed by atoms with Crippen molar-refractivity contribution in [3.05, 3.63) is 40.8 Å². The third-order valence-electron chi connectivity index (χ3n) is 3.20.